The Hall–Kier alpha value is -1.06. The van der Waals surface area contributed by atoms with E-state index >= 15 is 0 Å². The van der Waals surface area contributed by atoms with Gasteiger partial charge < -0.3 is 5.11 Å². The second-order valence-electron chi connectivity index (χ2n) is 1.26. The van der Waals surface area contributed by atoms with Crippen LogP contribution in [0.25, 0.3) is 0 Å². The molecule has 0 aliphatic rings. The summed E-state index contributed by atoms with van der Waals surface area (Å²) >= 11 is 0. The molecule has 1 aromatic heterocycles. The van der Waals surface area contributed by atoms with Crippen molar-refractivity contribution in [3.8, 4) is 5.88 Å². The van der Waals surface area contributed by atoms with Crippen molar-refractivity contribution in [2.45, 2.75) is 6.92 Å². The molecule has 0 saturated carbocycles. The van der Waals surface area contributed by atoms with Crippen LogP contribution in [-0.2, 0) is 0 Å². The van der Waals surface area contributed by atoms with Gasteiger partial charge in [0.1, 0.15) is 0 Å². The van der Waals surface area contributed by atoms with Crippen LogP contribution < -0.4 is 0 Å². The molecule has 7 heavy (non-hydrogen) atoms. The van der Waals surface area contributed by atoms with E-state index in [2.05, 4.69) is 15.4 Å². The normalized spacial score (nSPS) is 9.29. The van der Waals surface area contributed by atoms with E-state index in [1.54, 1.807) is 6.92 Å². The number of H-pyrrole nitrogens is 1. The first-order valence-corrected chi connectivity index (χ1v) is 1.87. The Balaban J connectivity index is 3.12. The van der Waals surface area contributed by atoms with Crippen molar-refractivity contribution < 1.29 is 5.11 Å². The van der Waals surface area contributed by atoms with Gasteiger partial charge in [0.05, 0.1) is 5.69 Å². The lowest BCUT2D eigenvalue weighted by molar-refractivity contribution is 0.448. The third-order valence-corrected chi connectivity index (χ3v) is 0.698. The number of hydrogen-bond donors (Lipinski definition) is 2. The summed E-state index contributed by atoms with van der Waals surface area (Å²) in [6, 6.07) is 0. The van der Waals surface area contributed by atoms with Gasteiger partial charge in [0.15, 0.2) is 0 Å². The molecule has 1 aromatic rings. The van der Waals surface area contributed by atoms with Crippen LogP contribution in [0.2, 0.25) is 0 Å². The van der Waals surface area contributed by atoms with Crippen LogP contribution in [0.1, 0.15) is 5.69 Å². The Bertz CT molecular complexity index is 142. The van der Waals surface area contributed by atoms with Crippen LogP contribution >= 0.6 is 0 Å². The Labute approximate surface area is 40.2 Å². The summed E-state index contributed by atoms with van der Waals surface area (Å²) in [5, 5.41) is 17.6. The van der Waals surface area contributed by atoms with Gasteiger partial charge >= 0.3 is 0 Å². The summed E-state index contributed by atoms with van der Waals surface area (Å²) in [6.07, 6.45) is 0. The Morgan fingerprint density at radius 2 is 2.43 bits per heavy atom. The second kappa shape index (κ2) is 1.22. The molecule has 0 radical (unpaired) electrons. The lowest BCUT2D eigenvalue weighted by Gasteiger charge is -1.75. The first kappa shape index (κ1) is 4.11. The van der Waals surface area contributed by atoms with Gasteiger partial charge in [0.25, 0.3) is 5.88 Å². The van der Waals surface area contributed by atoms with E-state index in [0.29, 0.717) is 5.69 Å². The molecule has 0 amide bonds. The topological polar surface area (TPSA) is 61.8 Å². The van der Waals surface area contributed by atoms with Crippen molar-refractivity contribution in [1.82, 2.24) is 15.4 Å². The lowest BCUT2D eigenvalue weighted by atomic mass is 10.5. The van der Waals surface area contributed by atoms with E-state index in [1.165, 1.54) is 0 Å². The van der Waals surface area contributed by atoms with Crippen molar-refractivity contribution in [2.24, 2.45) is 0 Å². The van der Waals surface area contributed by atoms with Crippen LogP contribution in [0.3, 0.4) is 0 Å². The highest BCUT2D eigenvalue weighted by Crippen LogP contribution is 2.02. The van der Waals surface area contributed by atoms with Crippen LogP contribution in [0.5, 0.6) is 5.88 Å². The molecule has 0 bridgehead atoms. The highest BCUT2D eigenvalue weighted by Gasteiger charge is 1.93. The fourth-order valence-corrected chi connectivity index (χ4v) is 0.272. The van der Waals surface area contributed by atoms with Crippen LogP contribution in [0.15, 0.2) is 0 Å². The predicted molar refractivity (Wildman–Crippen MR) is 22.8 cm³/mol. The SMILES string of the molecule is Cc1[nH]nnc1O. The summed E-state index contributed by atoms with van der Waals surface area (Å²) in [7, 11) is 0. The summed E-state index contributed by atoms with van der Waals surface area (Å²) in [4.78, 5) is 0. The highest BCUT2D eigenvalue weighted by atomic mass is 16.3. The molecule has 0 saturated heterocycles. The number of hydrogen-bond acceptors (Lipinski definition) is 3. The molecule has 0 aliphatic heterocycles. The van der Waals surface area contributed by atoms with Crippen LogP contribution in [0, 0.1) is 6.92 Å². The smallest absolute Gasteiger partial charge is 0.253 e. The Kier molecular flexibility index (Phi) is 0.714. The zero-order chi connectivity index (χ0) is 5.28. The van der Waals surface area contributed by atoms with Gasteiger partial charge in [-0.3, -0.25) is 5.10 Å². The maximum absolute atomic E-state index is 8.55. The number of nitrogens with zero attached hydrogens (tertiary/aromatic N) is 2. The van der Waals surface area contributed by atoms with Crippen molar-refractivity contribution in [1.29, 1.82) is 0 Å². The summed E-state index contributed by atoms with van der Waals surface area (Å²) < 4.78 is 0. The fourth-order valence-electron chi connectivity index (χ4n) is 0.272. The monoisotopic (exact) mass is 99.0 g/mol. The van der Waals surface area contributed by atoms with Gasteiger partial charge in [0.2, 0.25) is 0 Å². The van der Waals surface area contributed by atoms with Gasteiger partial charge in [-0.15, -0.1) is 0 Å². The van der Waals surface area contributed by atoms with Gasteiger partial charge in [0, 0.05) is 0 Å². The van der Waals surface area contributed by atoms with E-state index in [4.69, 9.17) is 5.11 Å². The molecule has 2 N–H and O–H groups in total. The van der Waals surface area contributed by atoms with Gasteiger partial charge in [-0.2, -0.15) is 0 Å². The molecule has 0 unspecified atom stereocenters. The molecular weight excluding hydrogens is 94.1 g/mol. The molecule has 0 atom stereocenters. The highest BCUT2D eigenvalue weighted by molar-refractivity contribution is 5.09. The summed E-state index contributed by atoms with van der Waals surface area (Å²) in [5.41, 5.74) is 0.597. The standard InChI is InChI=1S/C3H5N3O/c1-2-3(7)5-6-4-2/h1H3,(H2,4,5,6,7). The second-order valence-corrected chi connectivity index (χ2v) is 1.26. The maximum Gasteiger partial charge on any atom is 0.253 e. The lowest BCUT2D eigenvalue weighted by Crippen LogP contribution is -1.67. The number of rotatable bonds is 0. The molecule has 0 spiro atoms. The van der Waals surface area contributed by atoms with Crippen LogP contribution in [-0.4, -0.2) is 20.5 Å². The molecule has 38 valence electrons. The Morgan fingerprint density at radius 3 is 2.57 bits per heavy atom. The zero-order valence-corrected chi connectivity index (χ0v) is 3.84. The number of nitrogens with one attached hydrogen (secondary N) is 1. The molecule has 0 fully saturated rings. The van der Waals surface area contributed by atoms with E-state index < -0.39 is 0 Å². The Morgan fingerprint density at radius 1 is 1.71 bits per heavy atom. The van der Waals surface area contributed by atoms with E-state index in [-0.39, 0.29) is 5.88 Å². The third-order valence-electron chi connectivity index (χ3n) is 0.698. The molecule has 4 nitrogen and oxygen atoms in total. The minimum Gasteiger partial charge on any atom is -0.491 e. The number of aromatic hydroxyl groups is 1. The molecule has 1 heterocycles. The van der Waals surface area contributed by atoms with Gasteiger partial charge in [-0.05, 0) is 6.92 Å². The minimum absolute atomic E-state index is 0.0278. The van der Waals surface area contributed by atoms with Gasteiger partial charge in [-0.25, -0.2) is 0 Å². The molecule has 1 rings (SSSR count). The fraction of sp³-hybridized carbons (Fsp3) is 0.333. The van der Waals surface area contributed by atoms with Gasteiger partial charge in [-0.1, -0.05) is 10.3 Å². The van der Waals surface area contributed by atoms with E-state index in [1.807, 2.05) is 0 Å². The van der Waals surface area contributed by atoms with Crippen molar-refractivity contribution >= 4 is 0 Å². The van der Waals surface area contributed by atoms with Crippen molar-refractivity contribution in [3.05, 3.63) is 5.69 Å². The predicted octanol–water partition coefficient (Wildman–Crippen LogP) is -0.181. The van der Waals surface area contributed by atoms with Crippen LogP contribution in [0.4, 0.5) is 0 Å². The maximum atomic E-state index is 8.55. The number of aromatic nitrogens is 3. The molecule has 0 aromatic carbocycles. The summed E-state index contributed by atoms with van der Waals surface area (Å²) in [6.45, 7) is 1.69. The molecular formula is C3H5N3O. The third kappa shape index (κ3) is 0.534. The summed E-state index contributed by atoms with van der Waals surface area (Å²) in [5.74, 6) is -0.0278. The minimum atomic E-state index is -0.0278. The number of aromatic amines is 1. The average molecular weight is 99.1 g/mol. The largest absolute Gasteiger partial charge is 0.491 e. The zero-order valence-electron chi connectivity index (χ0n) is 3.84. The number of aryl methyl sites for hydroxylation is 1. The van der Waals surface area contributed by atoms with E-state index in [0.717, 1.165) is 0 Å². The molecule has 4 heteroatoms. The van der Waals surface area contributed by atoms with E-state index in [9.17, 15) is 0 Å². The average Bonchev–Trinajstić information content (AvgIpc) is 1.91. The molecule has 0 aliphatic carbocycles. The van der Waals surface area contributed by atoms with Crippen molar-refractivity contribution in [2.75, 3.05) is 0 Å². The first-order chi connectivity index (χ1) is 3.30. The quantitative estimate of drug-likeness (QED) is 0.474. The first-order valence-electron chi connectivity index (χ1n) is 1.87. The van der Waals surface area contributed by atoms with Crippen molar-refractivity contribution in [3.63, 3.8) is 0 Å².